The SMILES string of the molecule is N#CCC(=O)Nc1c(Br)cc(F)c(F)c1F. The second-order valence-corrected chi connectivity index (χ2v) is 3.58. The van der Waals surface area contributed by atoms with E-state index in [1.54, 1.807) is 0 Å². The fourth-order valence-corrected chi connectivity index (χ4v) is 1.41. The highest BCUT2D eigenvalue weighted by Crippen LogP contribution is 2.29. The van der Waals surface area contributed by atoms with Gasteiger partial charge in [0.15, 0.2) is 17.5 Å². The molecule has 0 spiro atoms. The second kappa shape index (κ2) is 4.99. The third kappa shape index (κ3) is 2.52. The van der Waals surface area contributed by atoms with Crippen LogP contribution < -0.4 is 5.32 Å². The number of nitrogens with zero attached hydrogens (tertiary/aromatic N) is 1. The number of rotatable bonds is 2. The van der Waals surface area contributed by atoms with Crippen molar-refractivity contribution in [2.24, 2.45) is 0 Å². The van der Waals surface area contributed by atoms with Crippen LogP contribution in [-0.2, 0) is 4.79 Å². The Kier molecular flexibility index (Phi) is 3.90. The van der Waals surface area contributed by atoms with Crippen LogP contribution in [0.15, 0.2) is 10.5 Å². The normalized spacial score (nSPS) is 9.69. The van der Waals surface area contributed by atoms with Gasteiger partial charge >= 0.3 is 0 Å². The number of carbonyl (C=O) groups is 1. The number of anilines is 1. The maximum atomic E-state index is 13.2. The first-order valence-corrected chi connectivity index (χ1v) is 4.76. The molecule has 0 aromatic heterocycles. The molecule has 16 heavy (non-hydrogen) atoms. The van der Waals surface area contributed by atoms with Crippen molar-refractivity contribution >= 4 is 27.5 Å². The van der Waals surface area contributed by atoms with Crippen LogP contribution >= 0.6 is 15.9 Å². The molecule has 0 aliphatic carbocycles. The lowest BCUT2D eigenvalue weighted by Crippen LogP contribution is -2.13. The summed E-state index contributed by atoms with van der Waals surface area (Å²) in [6, 6.07) is 2.22. The molecule has 0 unspecified atom stereocenters. The molecule has 0 heterocycles. The Bertz CT molecular complexity index is 485. The average molecular weight is 293 g/mol. The first-order valence-electron chi connectivity index (χ1n) is 3.97. The van der Waals surface area contributed by atoms with E-state index >= 15 is 0 Å². The van der Waals surface area contributed by atoms with Crippen LogP contribution in [0.5, 0.6) is 0 Å². The van der Waals surface area contributed by atoms with Crippen molar-refractivity contribution in [1.29, 1.82) is 5.26 Å². The molecule has 1 rings (SSSR count). The van der Waals surface area contributed by atoms with Crippen LogP contribution in [0.1, 0.15) is 6.42 Å². The smallest absolute Gasteiger partial charge is 0.238 e. The molecule has 0 saturated heterocycles. The zero-order valence-electron chi connectivity index (χ0n) is 7.65. The number of nitrogens with one attached hydrogen (secondary N) is 1. The summed E-state index contributed by atoms with van der Waals surface area (Å²) in [6.07, 6.45) is -0.509. The lowest BCUT2D eigenvalue weighted by molar-refractivity contribution is -0.115. The molecule has 84 valence electrons. The largest absolute Gasteiger partial charge is 0.322 e. The van der Waals surface area contributed by atoms with E-state index in [0.717, 1.165) is 0 Å². The predicted molar refractivity (Wildman–Crippen MR) is 52.9 cm³/mol. The van der Waals surface area contributed by atoms with Crippen LogP contribution in [0.4, 0.5) is 18.9 Å². The van der Waals surface area contributed by atoms with E-state index < -0.39 is 35.5 Å². The zero-order chi connectivity index (χ0) is 12.3. The lowest BCUT2D eigenvalue weighted by Gasteiger charge is -2.08. The van der Waals surface area contributed by atoms with Gasteiger partial charge in [-0.2, -0.15) is 5.26 Å². The number of carbonyl (C=O) groups excluding carboxylic acids is 1. The van der Waals surface area contributed by atoms with Gasteiger partial charge in [0, 0.05) is 4.47 Å². The van der Waals surface area contributed by atoms with E-state index in [9.17, 15) is 18.0 Å². The van der Waals surface area contributed by atoms with Crippen molar-refractivity contribution in [2.45, 2.75) is 6.42 Å². The molecule has 1 N–H and O–H groups in total. The molecule has 1 aromatic rings. The fraction of sp³-hybridized carbons (Fsp3) is 0.111. The van der Waals surface area contributed by atoms with Gasteiger partial charge in [-0.1, -0.05) is 0 Å². The summed E-state index contributed by atoms with van der Waals surface area (Å²) in [5, 5.41) is 10.2. The van der Waals surface area contributed by atoms with Gasteiger partial charge < -0.3 is 5.32 Å². The van der Waals surface area contributed by atoms with Gasteiger partial charge in [0.1, 0.15) is 6.42 Å². The molecule has 0 aliphatic rings. The Hall–Kier alpha value is -1.55. The first kappa shape index (κ1) is 12.5. The Morgan fingerprint density at radius 3 is 2.62 bits per heavy atom. The summed E-state index contributed by atoms with van der Waals surface area (Å²) < 4.78 is 38.6. The lowest BCUT2D eigenvalue weighted by atomic mass is 10.2. The van der Waals surface area contributed by atoms with Crippen molar-refractivity contribution in [3.05, 3.63) is 28.0 Å². The van der Waals surface area contributed by atoms with Crippen LogP contribution in [-0.4, -0.2) is 5.91 Å². The van der Waals surface area contributed by atoms with E-state index in [4.69, 9.17) is 5.26 Å². The number of hydrogen-bond donors (Lipinski definition) is 1. The van der Waals surface area contributed by atoms with E-state index in [1.807, 2.05) is 5.32 Å². The number of benzene rings is 1. The molecule has 0 aliphatic heterocycles. The highest BCUT2D eigenvalue weighted by Gasteiger charge is 2.18. The van der Waals surface area contributed by atoms with Crippen LogP contribution in [0, 0.1) is 28.8 Å². The number of halogens is 4. The Morgan fingerprint density at radius 2 is 2.06 bits per heavy atom. The second-order valence-electron chi connectivity index (χ2n) is 2.73. The van der Waals surface area contributed by atoms with Crippen molar-refractivity contribution < 1.29 is 18.0 Å². The van der Waals surface area contributed by atoms with Gasteiger partial charge in [-0.25, -0.2) is 13.2 Å². The molecule has 1 amide bonds. The average Bonchev–Trinajstić information content (AvgIpc) is 2.22. The number of nitriles is 1. The van der Waals surface area contributed by atoms with Crippen LogP contribution in [0.25, 0.3) is 0 Å². The monoisotopic (exact) mass is 292 g/mol. The Morgan fingerprint density at radius 1 is 1.44 bits per heavy atom. The summed E-state index contributed by atoms with van der Waals surface area (Å²) in [6.45, 7) is 0. The summed E-state index contributed by atoms with van der Waals surface area (Å²) in [7, 11) is 0. The minimum Gasteiger partial charge on any atom is -0.322 e. The van der Waals surface area contributed by atoms with E-state index in [-0.39, 0.29) is 4.47 Å². The maximum Gasteiger partial charge on any atom is 0.238 e. The molecule has 0 atom stereocenters. The number of hydrogen-bond acceptors (Lipinski definition) is 2. The number of amides is 1. The van der Waals surface area contributed by atoms with Gasteiger partial charge in [0.05, 0.1) is 11.8 Å². The highest BCUT2D eigenvalue weighted by atomic mass is 79.9. The minimum absolute atomic E-state index is 0.143. The van der Waals surface area contributed by atoms with Crippen LogP contribution in [0.3, 0.4) is 0 Å². The summed E-state index contributed by atoms with van der Waals surface area (Å²) >= 11 is 2.77. The Labute approximate surface area is 97.0 Å². The molecule has 0 fully saturated rings. The quantitative estimate of drug-likeness (QED) is 0.673. The molecular formula is C9H4BrF3N2O. The van der Waals surface area contributed by atoms with Crippen LogP contribution in [0.2, 0.25) is 0 Å². The van der Waals surface area contributed by atoms with Gasteiger partial charge in [-0.3, -0.25) is 4.79 Å². The van der Waals surface area contributed by atoms with Crippen molar-refractivity contribution in [3.8, 4) is 6.07 Å². The molecule has 3 nitrogen and oxygen atoms in total. The maximum absolute atomic E-state index is 13.2. The van der Waals surface area contributed by atoms with E-state index in [1.165, 1.54) is 6.07 Å². The molecule has 0 bridgehead atoms. The van der Waals surface area contributed by atoms with Crippen molar-refractivity contribution in [1.82, 2.24) is 0 Å². The molecule has 0 saturated carbocycles. The highest BCUT2D eigenvalue weighted by molar-refractivity contribution is 9.10. The molecule has 1 aromatic carbocycles. The van der Waals surface area contributed by atoms with Gasteiger partial charge in [0.25, 0.3) is 0 Å². The van der Waals surface area contributed by atoms with Gasteiger partial charge in [-0.15, -0.1) is 0 Å². The van der Waals surface area contributed by atoms with Crippen molar-refractivity contribution in [2.75, 3.05) is 5.32 Å². The van der Waals surface area contributed by atoms with E-state index in [0.29, 0.717) is 6.07 Å². The first-order chi connectivity index (χ1) is 7.47. The summed E-state index contributed by atoms with van der Waals surface area (Å²) in [4.78, 5) is 11.0. The van der Waals surface area contributed by atoms with Gasteiger partial charge in [-0.05, 0) is 22.0 Å². The molecule has 7 heteroatoms. The molecular weight excluding hydrogens is 289 g/mol. The third-order valence-electron chi connectivity index (χ3n) is 1.62. The minimum atomic E-state index is -1.68. The zero-order valence-corrected chi connectivity index (χ0v) is 9.24. The topological polar surface area (TPSA) is 52.9 Å². The summed E-state index contributed by atoms with van der Waals surface area (Å²) in [5.41, 5.74) is -0.529. The Balaban J connectivity index is 3.11. The van der Waals surface area contributed by atoms with E-state index in [2.05, 4.69) is 15.9 Å². The van der Waals surface area contributed by atoms with Gasteiger partial charge in [0.2, 0.25) is 5.91 Å². The summed E-state index contributed by atoms with van der Waals surface area (Å²) in [5.74, 6) is -5.38. The standard InChI is InChI=1S/C9H4BrF3N2O/c10-4-3-5(11)7(12)8(13)9(4)15-6(16)1-2-14/h3H,1H2,(H,15,16). The fourth-order valence-electron chi connectivity index (χ4n) is 0.936. The predicted octanol–water partition coefficient (Wildman–Crippen LogP) is 2.72. The third-order valence-corrected chi connectivity index (χ3v) is 2.24. The molecule has 0 radical (unpaired) electrons. The van der Waals surface area contributed by atoms with Crippen molar-refractivity contribution in [3.63, 3.8) is 0 Å².